The van der Waals surface area contributed by atoms with E-state index in [1.165, 1.54) is 9.75 Å². The lowest BCUT2D eigenvalue weighted by Gasteiger charge is -2.21. The van der Waals surface area contributed by atoms with E-state index in [0.29, 0.717) is 17.1 Å². The largest absolute Gasteiger partial charge is 0.398 e. The number of hydrogen-bond donors (Lipinski definition) is 3. The molecule has 0 aliphatic rings. The van der Waals surface area contributed by atoms with Crippen LogP contribution in [0.15, 0.2) is 89.6 Å². The summed E-state index contributed by atoms with van der Waals surface area (Å²) in [5.74, 6) is 0. The average molecular weight is 570 g/mol. The van der Waals surface area contributed by atoms with E-state index in [9.17, 15) is 0 Å². The lowest BCUT2D eigenvalue weighted by Crippen LogP contribution is -2.01. The molecule has 38 heavy (non-hydrogen) atoms. The molecule has 0 unspecified atom stereocenters. The maximum atomic E-state index is 6.77. The van der Waals surface area contributed by atoms with Gasteiger partial charge < -0.3 is 17.2 Å². The van der Waals surface area contributed by atoms with Gasteiger partial charge in [0.2, 0.25) is 0 Å². The van der Waals surface area contributed by atoms with Crippen molar-refractivity contribution >= 4 is 62.7 Å². The fourth-order valence-corrected chi connectivity index (χ4v) is 7.32. The fraction of sp³-hybridized carbons (Fsp3) is 0.0323. The smallest absolute Gasteiger partial charge is 0.0934 e. The monoisotopic (exact) mass is 569 g/mol. The maximum Gasteiger partial charge on any atom is 0.0934 e. The van der Waals surface area contributed by atoms with Gasteiger partial charge in [-0.05, 0) is 101 Å². The Bertz CT molecular complexity index is 1780. The lowest BCUT2D eigenvalue weighted by molar-refractivity contribution is 1.56. The number of halogens is 1. The number of nitrogens with two attached hydrogens (primary N) is 3. The molecule has 0 saturated heterocycles. The van der Waals surface area contributed by atoms with Crippen LogP contribution in [-0.2, 0) is 0 Å². The zero-order valence-electron chi connectivity index (χ0n) is 20.5. The van der Waals surface area contributed by atoms with Crippen LogP contribution in [0, 0.1) is 6.92 Å². The molecule has 0 aliphatic carbocycles. The summed E-state index contributed by atoms with van der Waals surface area (Å²) in [7, 11) is 0. The van der Waals surface area contributed by atoms with E-state index < -0.39 is 0 Å². The standard InChI is InChI=1S/C31H24ClN3S3/c1-17-2-9-27(37-17)18-3-7-25(34)23(15-18)31-26(35)8-5-21(20-12-13-36-16-20)30(31)22-14-19(4-6-24(22)33)28-10-11-29(32)38-28/h2-16H,33-35H2,1H3. The summed E-state index contributed by atoms with van der Waals surface area (Å²) >= 11 is 11.2. The van der Waals surface area contributed by atoms with E-state index >= 15 is 0 Å². The van der Waals surface area contributed by atoms with Gasteiger partial charge in [0.15, 0.2) is 0 Å². The first kappa shape index (κ1) is 24.8. The van der Waals surface area contributed by atoms with Gasteiger partial charge in [0.1, 0.15) is 0 Å². The van der Waals surface area contributed by atoms with Crippen LogP contribution in [0.2, 0.25) is 4.34 Å². The first-order valence-electron chi connectivity index (χ1n) is 12.0. The Kier molecular flexibility index (Phi) is 6.50. The van der Waals surface area contributed by atoms with Gasteiger partial charge in [-0.2, -0.15) is 11.3 Å². The van der Waals surface area contributed by atoms with Gasteiger partial charge >= 0.3 is 0 Å². The lowest BCUT2D eigenvalue weighted by atomic mass is 9.85. The second-order valence-corrected chi connectivity index (χ2v) is 12.9. The van der Waals surface area contributed by atoms with Gasteiger partial charge in [0.05, 0.1) is 4.34 Å². The Balaban J connectivity index is 1.66. The zero-order chi connectivity index (χ0) is 26.4. The van der Waals surface area contributed by atoms with Crippen molar-refractivity contribution in [3.63, 3.8) is 0 Å². The van der Waals surface area contributed by atoms with Crippen molar-refractivity contribution in [1.29, 1.82) is 0 Å². The molecular formula is C31H24ClN3S3. The first-order chi connectivity index (χ1) is 18.4. The normalized spacial score (nSPS) is 11.2. The maximum absolute atomic E-state index is 6.77. The summed E-state index contributed by atoms with van der Waals surface area (Å²) < 4.78 is 0.746. The molecule has 0 fully saturated rings. The predicted octanol–water partition coefficient (Wildman–Crippen LogP) is 9.91. The molecule has 0 amide bonds. The molecule has 0 atom stereocenters. The molecule has 6 rings (SSSR count). The van der Waals surface area contributed by atoms with Crippen LogP contribution in [0.4, 0.5) is 17.1 Å². The molecule has 6 N–H and O–H groups in total. The Hall–Kier alpha value is -3.55. The van der Waals surface area contributed by atoms with E-state index in [-0.39, 0.29) is 0 Å². The van der Waals surface area contributed by atoms with Crippen molar-refractivity contribution in [2.45, 2.75) is 6.92 Å². The fourth-order valence-electron chi connectivity index (χ4n) is 4.76. The minimum Gasteiger partial charge on any atom is -0.398 e. The van der Waals surface area contributed by atoms with Crippen LogP contribution in [0.1, 0.15) is 4.88 Å². The van der Waals surface area contributed by atoms with E-state index in [2.05, 4.69) is 60.1 Å². The minimum absolute atomic E-state index is 0.647. The van der Waals surface area contributed by atoms with Crippen molar-refractivity contribution in [3.8, 4) is 54.3 Å². The Morgan fingerprint density at radius 1 is 0.579 bits per heavy atom. The molecule has 3 aromatic carbocycles. The number of rotatable bonds is 5. The highest BCUT2D eigenvalue weighted by atomic mass is 35.5. The molecule has 6 aromatic rings. The number of nitrogen functional groups attached to an aromatic ring is 3. The SMILES string of the molecule is Cc1ccc(-c2ccc(N)c(-c3c(N)ccc(-c4ccsc4)c3-c3cc(-c4ccc(Cl)s4)ccc3N)c2)s1. The molecule has 3 aromatic heterocycles. The Labute approximate surface area is 238 Å². The first-order valence-corrected chi connectivity index (χ1v) is 14.9. The van der Waals surface area contributed by atoms with Gasteiger partial charge in [-0.3, -0.25) is 0 Å². The van der Waals surface area contributed by atoms with E-state index in [1.807, 2.05) is 36.4 Å². The van der Waals surface area contributed by atoms with E-state index in [0.717, 1.165) is 53.7 Å². The van der Waals surface area contributed by atoms with Crippen molar-refractivity contribution in [3.05, 3.63) is 98.8 Å². The summed E-state index contributed by atoms with van der Waals surface area (Å²) in [4.78, 5) is 3.53. The molecule has 3 heterocycles. The van der Waals surface area contributed by atoms with Gasteiger partial charge in [-0.15, -0.1) is 22.7 Å². The quantitative estimate of drug-likeness (QED) is 0.181. The zero-order valence-corrected chi connectivity index (χ0v) is 23.7. The van der Waals surface area contributed by atoms with Gasteiger partial charge in [0.25, 0.3) is 0 Å². The van der Waals surface area contributed by atoms with Gasteiger partial charge in [-0.1, -0.05) is 29.8 Å². The second-order valence-electron chi connectivity index (χ2n) is 9.08. The summed E-state index contributed by atoms with van der Waals surface area (Å²) in [6.45, 7) is 2.11. The number of aryl methyl sites for hydroxylation is 1. The van der Waals surface area contributed by atoms with Crippen LogP contribution in [0.3, 0.4) is 0 Å². The number of benzene rings is 3. The molecule has 0 saturated carbocycles. The molecule has 0 bridgehead atoms. The van der Waals surface area contributed by atoms with Crippen molar-refractivity contribution in [1.82, 2.24) is 0 Å². The van der Waals surface area contributed by atoms with Crippen LogP contribution in [-0.4, -0.2) is 0 Å². The third-order valence-corrected chi connectivity index (χ3v) is 9.61. The highest BCUT2D eigenvalue weighted by Crippen LogP contribution is 2.49. The van der Waals surface area contributed by atoms with Crippen LogP contribution in [0.5, 0.6) is 0 Å². The molecule has 0 spiro atoms. The Morgan fingerprint density at radius 3 is 1.79 bits per heavy atom. The molecule has 188 valence electrons. The molecule has 3 nitrogen and oxygen atoms in total. The van der Waals surface area contributed by atoms with Gasteiger partial charge in [-0.25, -0.2) is 0 Å². The van der Waals surface area contributed by atoms with Crippen LogP contribution >= 0.6 is 45.6 Å². The molecule has 0 radical (unpaired) electrons. The summed E-state index contributed by atoms with van der Waals surface area (Å²) in [6.07, 6.45) is 0. The van der Waals surface area contributed by atoms with Crippen LogP contribution < -0.4 is 17.2 Å². The second kappa shape index (κ2) is 9.97. The molecular weight excluding hydrogens is 546 g/mol. The molecule has 0 aliphatic heterocycles. The minimum atomic E-state index is 0.647. The number of hydrogen-bond acceptors (Lipinski definition) is 6. The molecule has 7 heteroatoms. The summed E-state index contributed by atoms with van der Waals surface area (Å²) in [6, 6.07) is 26.7. The van der Waals surface area contributed by atoms with Crippen molar-refractivity contribution < 1.29 is 0 Å². The summed E-state index contributed by atoms with van der Waals surface area (Å²) in [5.41, 5.74) is 30.1. The third kappa shape index (κ3) is 4.50. The highest BCUT2D eigenvalue weighted by molar-refractivity contribution is 7.19. The Morgan fingerprint density at radius 2 is 1.21 bits per heavy atom. The summed E-state index contributed by atoms with van der Waals surface area (Å²) in [5, 5.41) is 4.22. The average Bonchev–Trinajstić information content (AvgIpc) is 3.68. The van der Waals surface area contributed by atoms with Crippen molar-refractivity contribution in [2.75, 3.05) is 17.2 Å². The van der Waals surface area contributed by atoms with Crippen LogP contribution in [0.25, 0.3) is 54.3 Å². The topological polar surface area (TPSA) is 78.1 Å². The third-order valence-electron chi connectivity index (χ3n) is 6.60. The highest BCUT2D eigenvalue weighted by Gasteiger charge is 2.22. The van der Waals surface area contributed by atoms with E-state index in [1.54, 1.807) is 34.0 Å². The van der Waals surface area contributed by atoms with Gasteiger partial charge in [0, 0.05) is 53.9 Å². The predicted molar refractivity (Wildman–Crippen MR) is 170 cm³/mol. The van der Waals surface area contributed by atoms with E-state index in [4.69, 9.17) is 28.8 Å². The number of anilines is 3. The van der Waals surface area contributed by atoms with Crippen molar-refractivity contribution in [2.24, 2.45) is 0 Å². The number of thiophene rings is 3.